The molecule has 2 aromatic rings. The van der Waals surface area contributed by atoms with Gasteiger partial charge in [-0.1, -0.05) is 42.5 Å². The topological polar surface area (TPSA) is 46.6 Å². The molecule has 1 aliphatic rings. The lowest BCUT2D eigenvalue weighted by Crippen LogP contribution is -2.29. The monoisotopic (exact) mass is 367 g/mol. The van der Waals surface area contributed by atoms with Crippen molar-refractivity contribution in [2.75, 3.05) is 13.2 Å². The van der Waals surface area contributed by atoms with E-state index < -0.39 is 0 Å². The fourth-order valence-electron chi connectivity index (χ4n) is 2.76. The van der Waals surface area contributed by atoms with Crippen molar-refractivity contribution in [3.05, 3.63) is 70.6 Å². The van der Waals surface area contributed by atoms with Crippen LogP contribution in [0.4, 0.5) is 4.79 Å². The normalized spacial score (nSPS) is 15.7. The number of aryl methyl sites for hydroxylation is 1. The van der Waals surface area contributed by atoms with E-state index in [9.17, 15) is 9.59 Å². The lowest BCUT2D eigenvalue weighted by Gasteiger charge is -2.12. The molecule has 0 bridgehead atoms. The summed E-state index contributed by atoms with van der Waals surface area (Å²) in [5, 5.41) is -0.194. The SMILES string of the molecule is CCOc1ccc(/C=C2/SC(=O)N(CCCc3ccccc3)C2=O)cc1. The summed E-state index contributed by atoms with van der Waals surface area (Å²) >= 11 is 1.00. The Kier molecular flexibility index (Phi) is 6.12. The fourth-order valence-corrected chi connectivity index (χ4v) is 3.62. The van der Waals surface area contributed by atoms with Crippen LogP contribution in [-0.2, 0) is 11.2 Å². The Morgan fingerprint density at radius 3 is 2.46 bits per heavy atom. The molecule has 0 aliphatic carbocycles. The Morgan fingerprint density at radius 1 is 1.04 bits per heavy atom. The van der Waals surface area contributed by atoms with E-state index in [1.807, 2.05) is 49.4 Å². The van der Waals surface area contributed by atoms with Gasteiger partial charge in [-0.25, -0.2) is 0 Å². The highest BCUT2D eigenvalue weighted by molar-refractivity contribution is 8.18. The van der Waals surface area contributed by atoms with Crippen molar-refractivity contribution in [1.82, 2.24) is 4.90 Å². The molecule has 1 saturated heterocycles. The Balaban J connectivity index is 1.60. The molecule has 5 heteroatoms. The minimum Gasteiger partial charge on any atom is -0.494 e. The summed E-state index contributed by atoms with van der Waals surface area (Å²) in [7, 11) is 0. The van der Waals surface area contributed by atoms with Crippen LogP contribution in [-0.4, -0.2) is 29.2 Å². The predicted octanol–water partition coefficient (Wildman–Crippen LogP) is 4.75. The molecule has 0 aromatic heterocycles. The Hall–Kier alpha value is -2.53. The summed E-state index contributed by atoms with van der Waals surface area (Å²) in [6, 6.07) is 17.6. The average molecular weight is 367 g/mol. The molecule has 2 amide bonds. The maximum Gasteiger partial charge on any atom is 0.293 e. The van der Waals surface area contributed by atoms with Gasteiger partial charge in [-0.2, -0.15) is 0 Å². The quantitative estimate of drug-likeness (QED) is 0.662. The zero-order valence-corrected chi connectivity index (χ0v) is 15.5. The van der Waals surface area contributed by atoms with Gasteiger partial charge < -0.3 is 4.74 Å². The smallest absolute Gasteiger partial charge is 0.293 e. The third-order valence-corrected chi connectivity index (χ3v) is 4.96. The number of imide groups is 1. The first-order valence-electron chi connectivity index (χ1n) is 8.69. The van der Waals surface area contributed by atoms with Crippen LogP contribution in [0.25, 0.3) is 6.08 Å². The van der Waals surface area contributed by atoms with Crippen molar-refractivity contribution >= 4 is 29.0 Å². The van der Waals surface area contributed by atoms with Gasteiger partial charge in [0.25, 0.3) is 11.1 Å². The number of thioether (sulfide) groups is 1. The summed E-state index contributed by atoms with van der Waals surface area (Å²) in [5.41, 5.74) is 2.09. The molecule has 1 aliphatic heterocycles. The number of hydrogen-bond donors (Lipinski definition) is 0. The molecule has 0 saturated carbocycles. The van der Waals surface area contributed by atoms with Crippen LogP contribution in [0.5, 0.6) is 5.75 Å². The molecule has 134 valence electrons. The minimum absolute atomic E-state index is 0.194. The van der Waals surface area contributed by atoms with Crippen molar-refractivity contribution in [1.29, 1.82) is 0 Å². The van der Waals surface area contributed by atoms with Gasteiger partial charge in [-0.05, 0) is 60.9 Å². The molecule has 0 spiro atoms. The second kappa shape index (κ2) is 8.72. The first-order valence-corrected chi connectivity index (χ1v) is 9.51. The zero-order valence-electron chi connectivity index (χ0n) is 14.7. The van der Waals surface area contributed by atoms with E-state index in [1.54, 1.807) is 6.08 Å². The van der Waals surface area contributed by atoms with E-state index >= 15 is 0 Å². The number of nitrogens with zero attached hydrogens (tertiary/aromatic N) is 1. The molecule has 2 aromatic carbocycles. The molecule has 1 fully saturated rings. The van der Waals surface area contributed by atoms with E-state index in [0.717, 1.165) is 35.9 Å². The summed E-state index contributed by atoms with van der Waals surface area (Å²) in [5.74, 6) is 0.584. The largest absolute Gasteiger partial charge is 0.494 e. The number of carbonyl (C=O) groups excluding carboxylic acids is 2. The van der Waals surface area contributed by atoms with Crippen LogP contribution >= 0.6 is 11.8 Å². The molecule has 0 N–H and O–H groups in total. The second-order valence-corrected chi connectivity index (χ2v) is 6.92. The number of rotatable bonds is 7. The van der Waals surface area contributed by atoms with Gasteiger partial charge in [-0.15, -0.1) is 0 Å². The maximum absolute atomic E-state index is 12.5. The van der Waals surface area contributed by atoms with Gasteiger partial charge in [-0.3, -0.25) is 14.5 Å². The molecule has 26 heavy (non-hydrogen) atoms. The van der Waals surface area contributed by atoms with Gasteiger partial charge in [0.2, 0.25) is 0 Å². The standard InChI is InChI=1S/C21H21NO3S/c1-2-25-18-12-10-17(11-13-18)15-19-20(23)22(21(24)26-19)14-6-9-16-7-4-3-5-8-16/h3-5,7-8,10-13,15H,2,6,9,14H2,1H3/b19-15+. The molecular formula is C21H21NO3S. The van der Waals surface area contributed by atoms with Crippen molar-refractivity contribution < 1.29 is 14.3 Å². The van der Waals surface area contributed by atoms with Gasteiger partial charge in [0, 0.05) is 6.54 Å². The average Bonchev–Trinajstić information content (AvgIpc) is 2.92. The van der Waals surface area contributed by atoms with Crippen LogP contribution in [0.2, 0.25) is 0 Å². The molecular weight excluding hydrogens is 346 g/mol. The molecule has 0 radical (unpaired) electrons. The van der Waals surface area contributed by atoms with Crippen LogP contribution in [0.3, 0.4) is 0 Å². The van der Waals surface area contributed by atoms with E-state index in [4.69, 9.17) is 4.74 Å². The summed E-state index contributed by atoms with van der Waals surface area (Å²) < 4.78 is 5.41. The highest BCUT2D eigenvalue weighted by Gasteiger charge is 2.34. The molecule has 3 rings (SSSR count). The maximum atomic E-state index is 12.5. The first-order chi connectivity index (χ1) is 12.7. The third-order valence-electron chi connectivity index (χ3n) is 4.05. The Morgan fingerprint density at radius 2 is 1.77 bits per heavy atom. The van der Waals surface area contributed by atoms with Gasteiger partial charge in [0.15, 0.2) is 0 Å². The number of benzene rings is 2. The third kappa shape index (κ3) is 4.55. The predicted molar refractivity (Wildman–Crippen MR) is 105 cm³/mol. The Bertz CT molecular complexity index is 800. The van der Waals surface area contributed by atoms with Gasteiger partial charge in [0.1, 0.15) is 5.75 Å². The highest BCUT2D eigenvalue weighted by atomic mass is 32.2. The first kappa shape index (κ1) is 18.3. The molecule has 0 unspecified atom stereocenters. The van der Waals surface area contributed by atoms with E-state index in [2.05, 4.69) is 12.1 Å². The second-order valence-electron chi connectivity index (χ2n) is 5.92. The summed E-state index contributed by atoms with van der Waals surface area (Å²) in [6.45, 7) is 2.99. The van der Waals surface area contributed by atoms with Crippen LogP contribution in [0, 0.1) is 0 Å². The van der Waals surface area contributed by atoms with Crippen LogP contribution in [0.15, 0.2) is 59.5 Å². The molecule has 0 atom stereocenters. The minimum atomic E-state index is -0.207. The van der Waals surface area contributed by atoms with Gasteiger partial charge >= 0.3 is 0 Å². The van der Waals surface area contributed by atoms with Gasteiger partial charge in [0.05, 0.1) is 11.5 Å². The lowest BCUT2D eigenvalue weighted by molar-refractivity contribution is -0.122. The van der Waals surface area contributed by atoms with Crippen molar-refractivity contribution in [3.8, 4) is 5.75 Å². The number of amides is 2. The summed E-state index contributed by atoms with van der Waals surface area (Å²) in [6.07, 6.45) is 3.37. The molecule has 4 nitrogen and oxygen atoms in total. The fraction of sp³-hybridized carbons (Fsp3) is 0.238. The Labute approximate surface area is 157 Å². The zero-order chi connectivity index (χ0) is 18.4. The van der Waals surface area contributed by atoms with Crippen LogP contribution in [0.1, 0.15) is 24.5 Å². The van der Waals surface area contributed by atoms with Crippen molar-refractivity contribution in [3.63, 3.8) is 0 Å². The number of carbonyl (C=O) groups is 2. The van der Waals surface area contributed by atoms with E-state index in [0.29, 0.717) is 18.1 Å². The number of ether oxygens (including phenoxy) is 1. The highest BCUT2D eigenvalue weighted by Crippen LogP contribution is 2.32. The van der Waals surface area contributed by atoms with E-state index in [-0.39, 0.29) is 11.1 Å². The lowest BCUT2D eigenvalue weighted by atomic mass is 10.1. The van der Waals surface area contributed by atoms with Crippen molar-refractivity contribution in [2.24, 2.45) is 0 Å². The van der Waals surface area contributed by atoms with E-state index in [1.165, 1.54) is 10.5 Å². The number of hydrogen-bond acceptors (Lipinski definition) is 4. The summed E-state index contributed by atoms with van der Waals surface area (Å²) in [4.78, 5) is 26.5. The molecule has 1 heterocycles. The van der Waals surface area contributed by atoms with Crippen molar-refractivity contribution in [2.45, 2.75) is 19.8 Å². The van der Waals surface area contributed by atoms with Crippen LogP contribution < -0.4 is 4.74 Å².